The third-order valence-electron chi connectivity index (χ3n) is 2.85. The summed E-state index contributed by atoms with van der Waals surface area (Å²) in [7, 11) is 1.96. The van der Waals surface area contributed by atoms with Crippen LogP contribution in [0.25, 0.3) is 4.96 Å². The van der Waals surface area contributed by atoms with Gasteiger partial charge in [0.05, 0.1) is 24.8 Å². The standard InChI is InChI=1S/C12H13N3O2S/c1-14(6-9-2-4-17-8-9)11-10(7-16)15-3-5-18-12(15)13-11/h2-5,8,16H,6-7H2,1H3. The topological polar surface area (TPSA) is 53.9 Å². The molecule has 0 aliphatic heterocycles. The second kappa shape index (κ2) is 4.47. The fourth-order valence-electron chi connectivity index (χ4n) is 2.01. The van der Waals surface area contributed by atoms with Crippen molar-refractivity contribution in [3.8, 4) is 0 Å². The Labute approximate surface area is 108 Å². The Hall–Kier alpha value is -1.79. The zero-order valence-corrected chi connectivity index (χ0v) is 10.7. The first-order chi connectivity index (χ1) is 8.79. The molecule has 0 radical (unpaired) electrons. The van der Waals surface area contributed by atoms with Gasteiger partial charge in [0.15, 0.2) is 10.8 Å². The van der Waals surface area contributed by atoms with Crippen LogP contribution in [0.4, 0.5) is 5.82 Å². The van der Waals surface area contributed by atoms with Crippen LogP contribution in [-0.2, 0) is 13.2 Å². The molecular formula is C12H13N3O2S. The normalized spacial score (nSPS) is 11.2. The van der Waals surface area contributed by atoms with E-state index in [1.165, 1.54) is 0 Å². The van der Waals surface area contributed by atoms with Crippen LogP contribution in [0.2, 0.25) is 0 Å². The molecule has 3 heterocycles. The van der Waals surface area contributed by atoms with Crippen LogP contribution in [0.1, 0.15) is 11.3 Å². The van der Waals surface area contributed by atoms with Crippen LogP contribution in [0.3, 0.4) is 0 Å². The largest absolute Gasteiger partial charge is 0.472 e. The lowest BCUT2D eigenvalue weighted by Gasteiger charge is -2.16. The number of hydrogen-bond donors (Lipinski definition) is 1. The van der Waals surface area contributed by atoms with Crippen LogP contribution in [0.5, 0.6) is 0 Å². The molecule has 0 fully saturated rings. The molecule has 1 N–H and O–H groups in total. The van der Waals surface area contributed by atoms with Crippen molar-refractivity contribution in [1.29, 1.82) is 0 Å². The zero-order valence-electron chi connectivity index (χ0n) is 9.91. The molecule has 0 spiro atoms. The minimum absolute atomic E-state index is 0.0248. The number of imidazole rings is 1. The van der Waals surface area contributed by atoms with E-state index in [1.807, 2.05) is 34.0 Å². The second-order valence-electron chi connectivity index (χ2n) is 4.08. The molecule has 0 saturated heterocycles. The molecule has 3 aromatic heterocycles. The lowest BCUT2D eigenvalue weighted by molar-refractivity contribution is 0.276. The summed E-state index contributed by atoms with van der Waals surface area (Å²) in [5.41, 5.74) is 1.90. The summed E-state index contributed by atoms with van der Waals surface area (Å²) < 4.78 is 6.97. The Morgan fingerprint density at radius 1 is 1.56 bits per heavy atom. The molecule has 0 saturated carbocycles. The lowest BCUT2D eigenvalue weighted by Crippen LogP contribution is -2.18. The number of rotatable bonds is 4. The summed E-state index contributed by atoms with van der Waals surface area (Å²) in [5.74, 6) is 0.811. The van der Waals surface area contributed by atoms with E-state index in [0.29, 0.717) is 6.54 Å². The SMILES string of the molecule is CN(Cc1ccoc1)c1nc2sccn2c1CO. The fraction of sp³-hybridized carbons (Fsp3) is 0.250. The Balaban J connectivity index is 1.95. The van der Waals surface area contributed by atoms with E-state index in [-0.39, 0.29) is 6.61 Å². The highest BCUT2D eigenvalue weighted by Gasteiger charge is 2.16. The highest BCUT2D eigenvalue weighted by Crippen LogP contribution is 2.25. The average molecular weight is 263 g/mol. The number of furan rings is 1. The van der Waals surface area contributed by atoms with Crippen molar-refractivity contribution >= 4 is 22.1 Å². The number of hydrogen-bond acceptors (Lipinski definition) is 5. The Morgan fingerprint density at radius 3 is 3.17 bits per heavy atom. The number of aliphatic hydroxyl groups excluding tert-OH is 1. The predicted molar refractivity (Wildman–Crippen MR) is 69.8 cm³/mol. The summed E-state index contributed by atoms with van der Waals surface area (Å²) in [4.78, 5) is 7.45. The van der Waals surface area contributed by atoms with E-state index in [9.17, 15) is 5.11 Å². The van der Waals surface area contributed by atoms with E-state index in [2.05, 4.69) is 4.98 Å². The monoisotopic (exact) mass is 263 g/mol. The van der Waals surface area contributed by atoms with Gasteiger partial charge in [0, 0.05) is 30.7 Å². The Bertz CT molecular complexity index is 641. The number of thiazole rings is 1. The molecule has 0 aromatic carbocycles. The predicted octanol–water partition coefficient (Wildman–Crippen LogP) is 2.12. The number of aliphatic hydroxyl groups is 1. The van der Waals surface area contributed by atoms with E-state index < -0.39 is 0 Å². The van der Waals surface area contributed by atoms with Crippen molar-refractivity contribution in [2.75, 3.05) is 11.9 Å². The van der Waals surface area contributed by atoms with Crippen LogP contribution in [0, 0.1) is 0 Å². The molecule has 0 atom stereocenters. The minimum Gasteiger partial charge on any atom is -0.472 e. The first kappa shape index (κ1) is 11.3. The van der Waals surface area contributed by atoms with Gasteiger partial charge in [-0.3, -0.25) is 4.40 Å². The van der Waals surface area contributed by atoms with E-state index in [0.717, 1.165) is 22.0 Å². The molecule has 0 unspecified atom stereocenters. The number of aromatic nitrogens is 2. The van der Waals surface area contributed by atoms with Gasteiger partial charge in [-0.15, -0.1) is 11.3 Å². The third kappa shape index (κ3) is 1.79. The van der Waals surface area contributed by atoms with Crippen LogP contribution >= 0.6 is 11.3 Å². The third-order valence-corrected chi connectivity index (χ3v) is 3.61. The summed E-state index contributed by atoms with van der Waals surface area (Å²) >= 11 is 1.56. The van der Waals surface area contributed by atoms with Gasteiger partial charge in [0.25, 0.3) is 0 Å². The van der Waals surface area contributed by atoms with Crippen molar-refractivity contribution < 1.29 is 9.52 Å². The zero-order chi connectivity index (χ0) is 12.5. The quantitative estimate of drug-likeness (QED) is 0.783. The molecule has 94 valence electrons. The van der Waals surface area contributed by atoms with Gasteiger partial charge in [-0.05, 0) is 6.07 Å². The maximum absolute atomic E-state index is 9.50. The first-order valence-corrected chi connectivity index (χ1v) is 6.45. The molecule has 0 bridgehead atoms. The lowest BCUT2D eigenvalue weighted by atomic mass is 10.3. The molecule has 6 heteroatoms. The van der Waals surface area contributed by atoms with E-state index in [4.69, 9.17) is 4.42 Å². The van der Waals surface area contributed by atoms with Gasteiger partial charge in [-0.2, -0.15) is 0 Å². The molecule has 5 nitrogen and oxygen atoms in total. The first-order valence-electron chi connectivity index (χ1n) is 5.57. The van der Waals surface area contributed by atoms with Crippen molar-refractivity contribution in [2.24, 2.45) is 0 Å². The van der Waals surface area contributed by atoms with Gasteiger partial charge < -0.3 is 14.4 Å². The summed E-state index contributed by atoms with van der Waals surface area (Å²) in [6.45, 7) is 0.678. The van der Waals surface area contributed by atoms with Crippen molar-refractivity contribution in [1.82, 2.24) is 9.38 Å². The number of anilines is 1. The van der Waals surface area contributed by atoms with Gasteiger partial charge in [-0.1, -0.05) is 0 Å². The molecule has 3 rings (SSSR count). The van der Waals surface area contributed by atoms with Crippen LogP contribution in [0.15, 0.2) is 34.6 Å². The molecular weight excluding hydrogens is 250 g/mol. The van der Waals surface area contributed by atoms with Crippen molar-refractivity contribution in [3.05, 3.63) is 41.4 Å². The highest BCUT2D eigenvalue weighted by atomic mass is 32.1. The molecule has 0 aliphatic rings. The van der Waals surface area contributed by atoms with Crippen LogP contribution < -0.4 is 4.90 Å². The maximum atomic E-state index is 9.50. The maximum Gasteiger partial charge on any atom is 0.195 e. The Kier molecular flexibility index (Phi) is 2.81. The smallest absolute Gasteiger partial charge is 0.195 e. The van der Waals surface area contributed by atoms with Gasteiger partial charge in [-0.25, -0.2) is 4.98 Å². The van der Waals surface area contributed by atoms with E-state index in [1.54, 1.807) is 23.9 Å². The number of fused-ring (bicyclic) bond motifs is 1. The summed E-state index contributed by atoms with van der Waals surface area (Å²) in [5, 5.41) is 11.5. The second-order valence-corrected chi connectivity index (χ2v) is 4.96. The summed E-state index contributed by atoms with van der Waals surface area (Å²) in [6.07, 6.45) is 5.29. The molecule has 0 aliphatic carbocycles. The molecule has 3 aromatic rings. The van der Waals surface area contributed by atoms with Gasteiger partial charge in [0.2, 0.25) is 0 Å². The summed E-state index contributed by atoms with van der Waals surface area (Å²) in [6, 6.07) is 1.92. The highest BCUT2D eigenvalue weighted by molar-refractivity contribution is 7.15. The number of nitrogens with zero attached hydrogens (tertiary/aromatic N) is 3. The van der Waals surface area contributed by atoms with Crippen LogP contribution in [-0.4, -0.2) is 21.5 Å². The average Bonchev–Trinajstić information content (AvgIpc) is 3.03. The van der Waals surface area contributed by atoms with Crippen molar-refractivity contribution in [2.45, 2.75) is 13.2 Å². The van der Waals surface area contributed by atoms with Gasteiger partial charge in [0.1, 0.15) is 0 Å². The molecule has 0 amide bonds. The molecule has 18 heavy (non-hydrogen) atoms. The Morgan fingerprint density at radius 2 is 2.44 bits per heavy atom. The minimum atomic E-state index is -0.0248. The van der Waals surface area contributed by atoms with Crippen molar-refractivity contribution in [3.63, 3.8) is 0 Å². The van der Waals surface area contributed by atoms with Gasteiger partial charge >= 0.3 is 0 Å². The fourth-order valence-corrected chi connectivity index (χ4v) is 2.73. The van der Waals surface area contributed by atoms with E-state index >= 15 is 0 Å².